The van der Waals surface area contributed by atoms with Gasteiger partial charge >= 0.3 is 0 Å². The largest absolute Gasteiger partial charge is 0.492 e. The highest BCUT2D eigenvalue weighted by Crippen LogP contribution is 2.42. The topological polar surface area (TPSA) is 99.9 Å². The number of benzene rings is 1. The summed E-state index contributed by atoms with van der Waals surface area (Å²) in [6, 6.07) is 4.12. The summed E-state index contributed by atoms with van der Waals surface area (Å²) in [5.74, 6) is 1.62. The Kier molecular flexibility index (Phi) is 6.47. The lowest BCUT2D eigenvalue weighted by Gasteiger charge is -2.28. The van der Waals surface area contributed by atoms with Crippen LogP contribution in [0.25, 0.3) is 10.2 Å². The van der Waals surface area contributed by atoms with Gasteiger partial charge in [-0.3, -0.25) is 9.79 Å². The minimum absolute atomic E-state index is 0.0106. The quantitative estimate of drug-likeness (QED) is 0.511. The number of hydrogen-bond acceptors (Lipinski definition) is 8. The van der Waals surface area contributed by atoms with E-state index in [0.29, 0.717) is 32.7 Å². The molecule has 1 amide bonds. The zero-order chi connectivity index (χ0) is 23.7. The summed E-state index contributed by atoms with van der Waals surface area (Å²) in [5.41, 5.74) is 4.35. The molecule has 8 nitrogen and oxygen atoms in total. The number of nitrogens with zero attached hydrogens (tertiary/aromatic N) is 4. The maximum atomic E-state index is 13.0. The van der Waals surface area contributed by atoms with Crippen molar-refractivity contribution in [3.05, 3.63) is 40.0 Å². The third-order valence-electron chi connectivity index (χ3n) is 6.54. The van der Waals surface area contributed by atoms with Crippen LogP contribution >= 0.6 is 11.3 Å². The third kappa shape index (κ3) is 4.14. The monoisotopic (exact) mass is 479 g/mol. The van der Waals surface area contributed by atoms with Crippen LogP contribution in [0.2, 0.25) is 0 Å². The first-order chi connectivity index (χ1) is 16.6. The number of likely N-dealkylation sites (N-methyl/N-ethyl adjacent to an activating group) is 1. The number of fused-ring (bicyclic) bond motifs is 4. The van der Waals surface area contributed by atoms with Crippen LogP contribution in [-0.2, 0) is 24.2 Å². The standard InChI is InChI=1S/C25H29N5O3S/c1-3-30(7-8-31)25(32)15-5-6-18-21(11-15)34-24-22(18)23(27-14-28-24)29-19-9-16-12-26-13-17(16)10-20(19)33-4-2/h9-10,12,14-15,31H,3-8,11,13H2,1-2H3,(H,27,28,29). The molecule has 0 fully saturated rings. The molecule has 0 radical (unpaired) electrons. The van der Waals surface area contributed by atoms with Crippen molar-refractivity contribution in [3.63, 3.8) is 0 Å². The van der Waals surface area contributed by atoms with Crippen LogP contribution in [0, 0.1) is 5.92 Å². The Morgan fingerprint density at radius 1 is 1.32 bits per heavy atom. The Morgan fingerprint density at radius 2 is 2.21 bits per heavy atom. The fourth-order valence-corrected chi connectivity index (χ4v) is 6.12. The fraction of sp³-hybridized carbons (Fsp3) is 0.440. The number of aliphatic imine (C=N–C) groups is 1. The van der Waals surface area contributed by atoms with Gasteiger partial charge in [-0.25, -0.2) is 9.97 Å². The number of amides is 1. The smallest absolute Gasteiger partial charge is 0.226 e. The molecule has 2 N–H and O–H groups in total. The molecule has 2 aromatic heterocycles. The number of carbonyl (C=O) groups excluding carboxylic acids is 1. The van der Waals surface area contributed by atoms with E-state index in [9.17, 15) is 9.90 Å². The number of hydrogen-bond donors (Lipinski definition) is 2. The molecule has 1 aliphatic heterocycles. The number of aliphatic hydroxyl groups excluding tert-OH is 1. The van der Waals surface area contributed by atoms with E-state index < -0.39 is 0 Å². The van der Waals surface area contributed by atoms with Gasteiger partial charge in [0.15, 0.2) is 0 Å². The van der Waals surface area contributed by atoms with E-state index in [1.807, 2.05) is 20.1 Å². The average molecular weight is 480 g/mol. The highest BCUT2D eigenvalue weighted by Gasteiger charge is 2.31. The van der Waals surface area contributed by atoms with Crippen molar-refractivity contribution in [2.45, 2.75) is 39.7 Å². The van der Waals surface area contributed by atoms with Crippen molar-refractivity contribution in [2.75, 3.05) is 31.6 Å². The van der Waals surface area contributed by atoms with Gasteiger partial charge in [0.25, 0.3) is 0 Å². The Hall–Kier alpha value is -3.04. The second kappa shape index (κ2) is 9.68. The van der Waals surface area contributed by atoms with E-state index in [0.717, 1.165) is 51.4 Å². The van der Waals surface area contributed by atoms with Crippen LogP contribution < -0.4 is 10.1 Å². The van der Waals surface area contributed by atoms with Gasteiger partial charge in [0.2, 0.25) is 5.91 Å². The van der Waals surface area contributed by atoms with Crippen molar-refractivity contribution in [3.8, 4) is 5.75 Å². The number of carbonyl (C=O) groups is 1. The molecule has 3 heterocycles. The van der Waals surface area contributed by atoms with Crippen LogP contribution in [0.5, 0.6) is 5.75 Å². The number of ether oxygens (including phenoxy) is 1. The number of anilines is 2. The van der Waals surface area contributed by atoms with Crippen molar-refractivity contribution >= 4 is 45.2 Å². The maximum absolute atomic E-state index is 13.0. The minimum atomic E-state index is -0.0583. The Labute approximate surface area is 202 Å². The second-order valence-electron chi connectivity index (χ2n) is 8.56. The lowest BCUT2D eigenvalue weighted by molar-refractivity contribution is -0.136. The summed E-state index contributed by atoms with van der Waals surface area (Å²) < 4.78 is 5.92. The minimum Gasteiger partial charge on any atom is -0.492 e. The molecule has 3 aromatic rings. The molecule has 0 saturated heterocycles. The molecule has 1 unspecified atom stereocenters. The number of rotatable bonds is 8. The predicted molar refractivity (Wildman–Crippen MR) is 134 cm³/mol. The number of nitrogens with one attached hydrogen (secondary N) is 1. The van der Waals surface area contributed by atoms with E-state index >= 15 is 0 Å². The van der Waals surface area contributed by atoms with E-state index in [1.54, 1.807) is 22.6 Å². The molecule has 1 atom stereocenters. The molecule has 5 rings (SSSR count). The van der Waals surface area contributed by atoms with Gasteiger partial charge < -0.3 is 20.1 Å². The fourth-order valence-electron chi connectivity index (χ4n) is 4.86. The molecule has 34 heavy (non-hydrogen) atoms. The van der Waals surface area contributed by atoms with E-state index in [1.165, 1.54) is 10.4 Å². The molecule has 0 saturated carbocycles. The lowest BCUT2D eigenvalue weighted by Crippen LogP contribution is -2.39. The molecule has 0 spiro atoms. The number of aryl methyl sites for hydroxylation is 1. The number of thiophene rings is 1. The van der Waals surface area contributed by atoms with Crippen molar-refractivity contribution in [1.29, 1.82) is 0 Å². The van der Waals surface area contributed by atoms with Crippen LogP contribution in [-0.4, -0.2) is 58.4 Å². The first-order valence-electron chi connectivity index (χ1n) is 11.8. The first kappa shape index (κ1) is 22.7. The molecule has 0 bridgehead atoms. The second-order valence-corrected chi connectivity index (χ2v) is 9.65. The summed E-state index contributed by atoms with van der Waals surface area (Å²) in [4.78, 5) is 30.4. The highest BCUT2D eigenvalue weighted by molar-refractivity contribution is 7.19. The van der Waals surface area contributed by atoms with Crippen molar-refractivity contribution < 1.29 is 14.6 Å². The third-order valence-corrected chi connectivity index (χ3v) is 7.71. The summed E-state index contributed by atoms with van der Waals surface area (Å²) in [7, 11) is 0. The highest BCUT2D eigenvalue weighted by atomic mass is 32.1. The van der Waals surface area contributed by atoms with Gasteiger partial charge in [0, 0.05) is 30.1 Å². The zero-order valence-electron chi connectivity index (χ0n) is 19.5. The number of aromatic nitrogens is 2. The van der Waals surface area contributed by atoms with Crippen LogP contribution in [0.15, 0.2) is 23.5 Å². The van der Waals surface area contributed by atoms with Gasteiger partial charge in [-0.2, -0.15) is 0 Å². The van der Waals surface area contributed by atoms with E-state index in [2.05, 4.69) is 32.4 Å². The number of aliphatic hydroxyl groups is 1. The lowest BCUT2D eigenvalue weighted by atomic mass is 9.87. The Morgan fingerprint density at radius 3 is 3.00 bits per heavy atom. The Balaban J connectivity index is 1.47. The maximum Gasteiger partial charge on any atom is 0.226 e. The summed E-state index contributed by atoms with van der Waals surface area (Å²) in [5, 5.41) is 13.8. The molecular weight excluding hydrogens is 450 g/mol. The van der Waals surface area contributed by atoms with Crippen molar-refractivity contribution in [2.24, 2.45) is 10.9 Å². The van der Waals surface area contributed by atoms with Crippen molar-refractivity contribution in [1.82, 2.24) is 14.9 Å². The zero-order valence-corrected chi connectivity index (χ0v) is 20.3. The molecular formula is C25H29N5O3S. The van der Waals surface area contributed by atoms with Gasteiger partial charge in [-0.05, 0) is 61.9 Å². The van der Waals surface area contributed by atoms with E-state index in [-0.39, 0.29) is 18.4 Å². The summed E-state index contributed by atoms with van der Waals surface area (Å²) in [6.07, 6.45) is 5.78. The van der Waals surface area contributed by atoms with Gasteiger partial charge in [-0.1, -0.05) is 0 Å². The molecule has 1 aliphatic carbocycles. The SMILES string of the molecule is CCOc1cc2c(cc1Nc1ncnc3sc4c(c13)CCC(C(=O)N(CC)CCO)C4)C=NC2. The van der Waals surface area contributed by atoms with Crippen LogP contribution in [0.4, 0.5) is 11.5 Å². The molecule has 1 aromatic carbocycles. The van der Waals surface area contributed by atoms with Crippen LogP contribution in [0.1, 0.15) is 41.8 Å². The Bertz CT molecular complexity index is 1260. The van der Waals surface area contributed by atoms with Gasteiger partial charge in [0.05, 0.1) is 30.8 Å². The van der Waals surface area contributed by atoms with Gasteiger partial charge in [-0.15, -0.1) is 11.3 Å². The van der Waals surface area contributed by atoms with Crippen LogP contribution in [0.3, 0.4) is 0 Å². The van der Waals surface area contributed by atoms with Gasteiger partial charge in [0.1, 0.15) is 22.7 Å². The summed E-state index contributed by atoms with van der Waals surface area (Å²) in [6.45, 7) is 6.17. The predicted octanol–water partition coefficient (Wildman–Crippen LogP) is 3.71. The van der Waals surface area contributed by atoms with E-state index in [4.69, 9.17) is 4.74 Å². The molecule has 2 aliphatic rings. The first-order valence-corrected chi connectivity index (χ1v) is 12.7. The normalized spacial score (nSPS) is 16.4. The molecule has 9 heteroatoms. The molecule has 178 valence electrons. The average Bonchev–Trinajstić information content (AvgIpc) is 3.46. The summed E-state index contributed by atoms with van der Waals surface area (Å²) >= 11 is 1.65.